The summed E-state index contributed by atoms with van der Waals surface area (Å²) in [5.41, 5.74) is 0.712. The normalized spacial score (nSPS) is 14.9. The summed E-state index contributed by atoms with van der Waals surface area (Å²) >= 11 is 0. The van der Waals surface area contributed by atoms with E-state index in [0.29, 0.717) is 36.1 Å². The van der Waals surface area contributed by atoms with Crippen LogP contribution in [-0.4, -0.2) is 55.7 Å². The Balaban J connectivity index is 1.95. The smallest absolute Gasteiger partial charge is 0.331 e. The van der Waals surface area contributed by atoms with Crippen molar-refractivity contribution in [1.29, 1.82) is 0 Å². The molecule has 1 fully saturated rings. The topological polar surface area (TPSA) is 94.2 Å². The number of esters is 1. The number of hydrogen-bond acceptors (Lipinski definition) is 6. The number of hydrogen-bond donors (Lipinski definition) is 1. The lowest BCUT2D eigenvalue weighted by Gasteiger charge is -2.17. The maximum atomic E-state index is 12.1. The summed E-state index contributed by atoms with van der Waals surface area (Å²) < 4.78 is 16.1. The van der Waals surface area contributed by atoms with Crippen molar-refractivity contribution < 1.29 is 28.6 Å². The maximum absolute atomic E-state index is 12.1. The molecule has 1 heterocycles. The van der Waals surface area contributed by atoms with Gasteiger partial charge < -0.3 is 19.5 Å². The van der Waals surface area contributed by atoms with Gasteiger partial charge in [-0.3, -0.25) is 9.69 Å². The van der Waals surface area contributed by atoms with E-state index in [0.717, 1.165) is 4.90 Å². The molecule has 8 nitrogen and oxygen atoms in total. The van der Waals surface area contributed by atoms with E-state index >= 15 is 0 Å². The minimum Gasteiger partial charge on any atom is -0.493 e. The summed E-state index contributed by atoms with van der Waals surface area (Å²) in [5.74, 6) is 0.332. The molecular formula is C20H26N2O6. The molecule has 2 rings (SSSR count). The molecule has 8 heteroatoms. The third-order valence-electron chi connectivity index (χ3n) is 3.94. The Morgan fingerprint density at radius 1 is 1.25 bits per heavy atom. The fourth-order valence-electron chi connectivity index (χ4n) is 2.49. The minimum atomic E-state index is -1.05. The first-order valence-electron chi connectivity index (χ1n) is 9.10. The van der Waals surface area contributed by atoms with Gasteiger partial charge in [0.15, 0.2) is 17.6 Å². The highest BCUT2D eigenvalue weighted by Crippen LogP contribution is 2.29. The number of nitrogens with zero attached hydrogens (tertiary/aromatic N) is 1. The Hall–Kier alpha value is -3.03. The van der Waals surface area contributed by atoms with Crippen molar-refractivity contribution in [2.75, 3.05) is 26.8 Å². The standard InChI is InChI=1S/C20H26N2O6/c1-13(2)12-27-16-7-5-15(11-17(16)26-4)6-8-18(23)28-14(3)19(24)22-10-9-21-20(22)25/h5-8,11,13-14H,9-10,12H2,1-4H3,(H,21,25)/b8-6+/t14-/m0/s1. The van der Waals surface area contributed by atoms with Crippen LogP contribution in [0.3, 0.4) is 0 Å². The third-order valence-corrected chi connectivity index (χ3v) is 3.94. The fraction of sp³-hybridized carbons (Fsp3) is 0.450. The molecule has 1 saturated heterocycles. The molecule has 0 aliphatic carbocycles. The number of carbonyl (C=O) groups excluding carboxylic acids is 3. The van der Waals surface area contributed by atoms with Crippen LogP contribution in [0.15, 0.2) is 24.3 Å². The molecule has 152 valence electrons. The molecule has 0 unspecified atom stereocenters. The highest BCUT2D eigenvalue weighted by atomic mass is 16.5. The van der Waals surface area contributed by atoms with Crippen molar-refractivity contribution in [3.05, 3.63) is 29.8 Å². The Morgan fingerprint density at radius 2 is 2.00 bits per heavy atom. The predicted molar refractivity (Wildman–Crippen MR) is 103 cm³/mol. The van der Waals surface area contributed by atoms with Gasteiger partial charge in [0.05, 0.1) is 13.7 Å². The molecule has 1 aliphatic rings. The monoisotopic (exact) mass is 390 g/mol. The fourth-order valence-corrected chi connectivity index (χ4v) is 2.49. The molecule has 0 radical (unpaired) electrons. The second-order valence-corrected chi connectivity index (χ2v) is 6.75. The summed E-state index contributed by atoms with van der Waals surface area (Å²) in [5, 5.41) is 2.53. The Labute approximate surface area is 164 Å². The van der Waals surface area contributed by atoms with Gasteiger partial charge >= 0.3 is 12.0 Å². The van der Waals surface area contributed by atoms with E-state index < -0.39 is 24.0 Å². The second kappa shape index (κ2) is 9.77. The van der Waals surface area contributed by atoms with Crippen molar-refractivity contribution in [3.63, 3.8) is 0 Å². The van der Waals surface area contributed by atoms with Crippen molar-refractivity contribution in [1.82, 2.24) is 10.2 Å². The Bertz CT molecular complexity index is 759. The van der Waals surface area contributed by atoms with Gasteiger partial charge in [-0.05, 0) is 36.6 Å². The quantitative estimate of drug-likeness (QED) is 0.540. The van der Waals surface area contributed by atoms with Gasteiger partial charge in [-0.1, -0.05) is 19.9 Å². The number of carbonyl (C=O) groups is 3. The van der Waals surface area contributed by atoms with E-state index in [2.05, 4.69) is 19.2 Å². The van der Waals surface area contributed by atoms with Crippen LogP contribution in [0.4, 0.5) is 4.79 Å². The number of nitrogens with one attached hydrogen (secondary N) is 1. The largest absolute Gasteiger partial charge is 0.493 e. The van der Waals surface area contributed by atoms with Gasteiger partial charge in [0, 0.05) is 19.2 Å². The predicted octanol–water partition coefficient (Wildman–Crippen LogP) is 2.23. The van der Waals surface area contributed by atoms with Crippen LogP contribution in [0.1, 0.15) is 26.3 Å². The van der Waals surface area contributed by atoms with Gasteiger partial charge in [0.25, 0.3) is 5.91 Å². The number of ether oxygens (including phenoxy) is 3. The lowest BCUT2D eigenvalue weighted by Crippen LogP contribution is -2.41. The molecule has 28 heavy (non-hydrogen) atoms. The van der Waals surface area contributed by atoms with Crippen molar-refractivity contribution in [2.24, 2.45) is 5.92 Å². The van der Waals surface area contributed by atoms with E-state index in [1.165, 1.54) is 13.0 Å². The number of methoxy groups -OCH3 is 1. The van der Waals surface area contributed by atoms with Crippen molar-refractivity contribution >= 4 is 24.0 Å². The average Bonchev–Trinajstić information content (AvgIpc) is 3.09. The second-order valence-electron chi connectivity index (χ2n) is 6.75. The Kier molecular flexibility index (Phi) is 7.43. The lowest BCUT2D eigenvalue weighted by molar-refractivity contribution is -0.153. The molecule has 0 saturated carbocycles. The first-order valence-corrected chi connectivity index (χ1v) is 9.10. The molecule has 1 aromatic carbocycles. The van der Waals surface area contributed by atoms with Crippen LogP contribution in [0.5, 0.6) is 11.5 Å². The van der Waals surface area contributed by atoms with Crippen molar-refractivity contribution in [2.45, 2.75) is 26.9 Å². The zero-order valence-electron chi connectivity index (χ0n) is 16.6. The van der Waals surface area contributed by atoms with Crippen LogP contribution in [-0.2, 0) is 14.3 Å². The zero-order chi connectivity index (χ0) is 20.7. The van der Waals surface area contributed by atoms with E-state index in [9.17, 15) is 14.4 Å². The number of benzene rings is 1. The molecule has 0 spiro atoms. The first kappa shape index (κ1) is 21.3. The molecule has 0 bridgehead atoms. The lowest BCUT2D eigenvalue weighted by atomic mass is 10.2. The summed E-state index contributed by atoms with van der Waals surface area (Å²) in [7, 11) is 1.54. The first-order chi connectivity index (χ1) is 13.3. The summed E-state index contributed by atoms with van der Waals surface area (Å²) in [6.07, 6.45) is 1.72. The van der Waals surface area contributed by atoms with Crippen LogP contribution >= 0.6 is 0 Å². The summed E-state index contributed by atoms with van der Waals surface area (Å²) in [6, 6.07) is 4.81. The molecule has 0 aromatic heterocycles. The molecule has 1 N–H and O–H groups in total. The zero-order valence-corrected chi connectivity index (χ0v) is 16.6. The van der Waals surface area contributed by atoms with Gasteiger partial charge in [-0.25, -0.2) is 9.59 Å². The van der Waals surface area contributed by atoms with E-state index in [1.807, 2.05) is 0 Å². The van der Waals surface area contributed by atoms with Crippen LogP contribution in [0, 0.1) is 5.92 Å². The van der Waals surface area contributed by atoms with Crippen LogP contribution < -0.4 is 14.8 Å². The van der Waals surface area contributed by atoms with E-state index in [1.54, 1.807) is 31.4 Å². The highest BCUT2D eigenvalue weighted by molar-refractivity contribution is 5.99. The number of imide groups is 1. The average molecular weight is 390 g/mol. The van der Waals surface area contributed by atoms with Crippen molar-refractivity contribution in [3.8, 4) is 11.5 Å². The SMILES string of the molecule is COc1cc(/C=C/C(=O)O[C@@H](C)C(=O)N2CCNC2=O)ccc1OCC(C)C. The third kappa shape index (κ3) is 5.73. The number of rotatable bonds is 8. The van der Waals surface area contributed by atoms with E-state index in [4.69, 9.17) is 14.2 Å². The van der Waals surface area contributed by atoms with E-state index in [-0.39, 0.29) is 6.54 Å². The summed E-state index contributed by atoms with van der Waals surface area (Å²) in [6.45, 7) is 6.76. The molecular weight excluding hydrogens is 364 g/mol. The van der Waals surface area contributed by atoms with Gasteiger partial charge in [0.2, 0.25) is 0 Å². The number of amides is 3. The number of urea groups is 1. The van der Waals surface area contributed by atoms with Crippen LogP contribution in [0.2, 0.25) is 0 Å². The van der Waals surface area contributed by atoms with Gasteiger partial charge in [0.1, 0.15) is 0 Å². The van der Waals surface area contributed by atoms with Crippen LogP contribution in [0.25, 0.3) is 6.08 Å². The van der Waals surface area contributed by atoms with Gasteiger partial charge in [-0.2, -0.15) is 0 Å². The maximum Gasteiger partial charge on any atom is 0.331 e. The summed E-state index contributed by atoms with van der Waals surface area (Å²) in [4.78, 5) is 36.7. The molecule has 3 amide bonds. The van der Waals surface area contributed by atoms with Gasteiger partial charge in [-0.15, -0.1) is 0 Å². The minimum absolute atomic E-state index is 0.264. The Morgan fingerprint density at radius 3 is 2.61 bits per heavy atom. The molecule has 1 atom stereocenters. The molecule has 1 aliphatic heterocycles. The molecule has 1 aromatic rings. The highest BCUT2D eigenvalue weighted by Gasteiger charge is 2.31.